The number of benzene rings is 3. The third-order valence-electron chi connectivity index (χ3n) is 5.84. The summed E-state index contributed by atoms with van der Waals surface area (Å²) in [7, 11) is -4.20. The minimum absolute atomic E-state index is 0.000128. The average molecular weight is 597 g/mol. The van der Waals surface area contributed by atoms with Crippen molar-refractivity contribution in [1.82, 2.24) is 10.2 Å². The number of hydrogen-bond donors (Lipinski definition) is 1. The number of likely N-dealkylation sites (N-methyl/N-ethyl adjacent to an activating group) is 1. The average Bonchev–Trinajstić information content (AvgIpc) is 2.87. The highest BCUT2D eigenvalue weighted by Crippen LogP contribution is 2.31. The summed E-state index contributed by atoms with van der Waals surface area (Å²) in [6.07, 6.45) is 0. The summed E-state index contributed by atoms with van der Waals surface area (Å²) in [4.78, 5) is 27.9. The molecule has 3 aromatic rings. The molecular formula is C27H28Cl3N3O4S. The molecule has 3 aromatic carbocycles. The number of halogens is 3. The minimum Gasteiger partial charge on any atom is -0.355 e. The van der Waals surface area contributed by atoms with Crippen LogP contribution in [0, 0.1) is 6.92 Å². The molecule has 0 bridgehead atoms. The first-order valence-electron chi connectivity index (χ1n) is 11.8. The summed E-state index contributed by atoms with van der Waals surface area (Å²) in [5.74, 6) is -0.962. The standard InChI is InChI=1S/C27H28Cl3N3O4S/c1-4-31-27(35)19(3)32(16-20-6-5-7-21(28)14-20)26(34)17-33(22-10-13-24(29)25(30)15-22)38(36,37)23-11-8-18(2)9-12-23/h5-15,19H,4,16-17H2,1-3H3,(H,31,35). The summed E-state index contributed by atoms with van der Waals surface area (Å²) in [6.45, 7) is 5.03. The first-order valence-corrected chi connectivity index (χ1v) is 14.4. The molecule has 0 heterocycles. The second-order valence-electron chi connectivity index (χ2n) is 8.65. The number of amides is 2. The molecule has 0 aliphatic rings. The largest absolute Gasteiger partial charge is 0.355 e. The molecular weight excluding hydrogens is 569 g/mol. The van der Waals surface area contributed by atoms with E-state index < -0.39 is 28.5 Å². The lowest BCUT2D eigenvalue weighted by molar-refractivity contribution is -0.139. The van der Waals surface area contributed by atoms with Crippen molar-refractivity contribution in [1.29, 1.82) is 0 Å². The molecule has 0 aliphatic heterocycles. The third-order valence-corrected chi connectivity index (χ3v) is 8.60. The topological polar surface area (TPSA) is 86.8 Å². The smallest absolute Gasteiger partial charge is 0.264 e. The first-order chi connectivity index (χ1) is 17.9. The van der Waals surface area contributed by atoms with Gasteiger partial charge in [0.1, 0.15) is 12.6 Å². The van der Waals surface area contributed by atoms with Gasteiger partial charge in [0.25, 0.3) is 10.0 Å². The Balaban J connectivity index is 2.06. The highest BCUT2D eigenvalue weighted by Gasteiger charge is 2.32. The number of carbonyl (C=O) groups is 2. The van der Waals surface area contributed by atoms with Crippen LogP contribution in [0.25, 0.3) is 0 Å². The fraction of sp³-hybridized carbons (Fsp3) is 0.259. The van der Waals surface area contributed by atoms with Crippen molar-refractivity contribution in [2.45, 2.75) is 38.3 Å². The number of aryl methyl sites for hydroxylation is 1. The number of hydrogen-bond acceptors (Lipinski definition) is 4. The molecule has 38 heavy (non-hydrogen) atoms. The van der Waals surface area contributed by atoms with Crippen LogP contribution < -0.4 is 9.62 Å². The maximum atomic E-state index is 13.8. The lowest BCUT2D eigenvalue weighted by Gasteiger charge is -2.32. The molecule has 0 saturated carbocycles. The van der Waals surface area contributed by atoms with E-state index in [-0.39, 0.29) is 33.1 Å². The second-order valence-corrected chi connectivity index (χ2v) is 11.8. The predicted molar refractivity (Wildman–Crippen MR) is 152 cm³/mol. The fourth-order valence-electron chi connectivity index (χ4n) is 3.74. The Labute approximate surface area is 238 Å². The van der Waals surface area contributed by atoms with E-state index in [0.717, 1.165) is 9.87 Å². The summed E-state index contributed by atoms with van der Waals surface area (Å²) in [6, 6.07) is 16.6. The van der Waals surface area contributed by atoms with Gasteiger partial charge in [-0.1, -0.05) is 64.6 Å². The Morgan fingerprint density at radius 2 is 1.63 bits per heavy atom. The van der Waals surface area contributed by atoms with E-state index in [9.17, 15) is 18.0 Å². The van der Waals surface area contributed by atoms with E-state index in [4.69, 9.17) is 34.8 Å². The van der Waals surface area contributed by atoms with Crippen LogP contribution >= 0.6 is 34.8 Å². The van der Waals surface area contributed by atoms with E-state index in [1.54, 1.807) is 50.2 Å². The second kappa shape index (κ2) is 12.8. The van der Waals surface area contributed by atoms with E-state index in [2.05, 4.69) is 5.32 Å². The van der Waals surface area contributed by atoms with Crippen LogP contribution in [0.4, 0.5) is 5.69 Å². The fourth-order valence-corrected chi connectivity index (χ4v) is 5.65. The molecule has 202 valence electrons. The maximum Gasteiger partial charge on any atom is 0.264 e. The van der Waals surface area contributed by atoms with Gasteiger partial charge in [-0.15, -0.1) is 0 Å². The summed E-state index contributed by atoms with van der Waals surface area (Å²) >= 11 is 18.4. The zero-order chi connectivity index (χ0) is 28.0. The van der Waals surface area contributed by atoms with Gasteiger partial charge in [0.15, 0.2) is 0 Å². The Morgan fingerprint density at radius 1 is 0.947 bits per heavy atom. The zero-order valence-corrected chi connectivity index (χ0v) is 24.2. The molecule has 3 rings (SSSR count). The van der Waals surface area contributed by atoms with Gasteiger partial charge in [-0.3, -0.25) is 13.9 Å². The molecule has 0 radical (unpaired) electrons. The number of anilines is 1. The van der Waals surface area contributed by atoms with Crippen molar-refractivity contribution in [3.05, 3.63) is 92.9 Å². The predicted octanol–water partition coefficient (Wildman–Crippen LogP) is 5.70. The number of nitrogens with zero attached hydrogens (tertiary/aromatic N) is 2. The molecule has 1 unspecified atom stereocenters. The van der Waals surface area contributed by atoms with Crippen LogP contribution in [-0.4, -0.2) is 44.3 Å². The Bertz CT molecular complexity index is 1420. The lowest BCUT2D eigenvalue weighted by atomic mass is 10.1. The van der Waals surface area contributed by atoms with Crippen LogP contribution in [0.1, 0.15) is 25.0 Å². The number of nitrogens with one attached hydrogen (secondary N) is 1. The third kappa shape index (κ3) is 7.20. The van der Waals surface area contributed by atoms with Crippen molar-refractivity contribution in [2.75, 3.05) is 17.4 Å². The van der Waals surface area contributed by atoms with Crippen LogP contribution in [-0.2, 0) is 26.2 Å². The maximum absolute atomic E-state index is 13.8. The normalized spacial score (nSPS) is 12.1. The summed E-state index contributed by atoms with van der Waals surface area (Å²) in [5, 5.41) is 3.56. The molecule has 0 aromatic heterocycles. The highest BCUT2D eigenvalue weighted by molar-refractivity contribution is 7.92. The van der Waals surface area contributed by atoms with Crippen LogP contribution in [0.2, 0.25) is 15.1 Å². The summed E-state index contributed by atoms with van der Waals surface area (Å²) < 4.78 is 28.5. The number of carbonyl (C=O) groups excluding carboxylic acids is 2. The van der Waals surface area contributed by atoms with Crippen LogP contribution in [0.3, 0.4) is 0 Å². The Kier molecular flexibility index (Phi) is 10.1. The van der Waals surface area contributed by atoms with Gasteiger partial charge in [-0.2, -0.15) is 0 Å². The van der Waals surface area contributed by atoms with Crippen molar-refractivity contribution in [3.63, 3.8) is 0 Å². The van der Waals surface area contributed by atoms with Gasteiger partial charge in [-0.25, -0.2) is 8.42 Å². The monoisotopic (exact) mass is 595 g/mol. The van der Waals surface area contributed by atoms with Gasteiger partial charge in [0.05, 0.1) is 20.6 Å². The number of rotatable bonds is 10. The molecule has 7 nitrogen and oxygen atoms in total. The SMILES string of the molecule is CCNC(=O)C(C)N(Cc1cccc(Cl)c1)C(=O)CN(c1ccc(Cl)c(Cl)c1)S(=O)(=O)c1ccc(C)cc1. The molecule has 1 atom stereocenters. The molecule has 11 heteroatoms. The molecule has 0 aliphatic carbocycles. The van der Waals surface area contributed by atoms with Crippen LogP contribution in [0.15, 0.2) is 71.6 Å². The Morgan fingerprint density at radius 3 is 2.24 bits per heavy atom. The van der Waals surface area contributed by atoms with Crippen molar-refractivity contribution < 1.29 is 18.0 Å². The van der Waals surface area contributed by atoms with Crippen molar-refractivity contribution >= 4 is 62.3 Å². The molecule has 1 N–H and O–H groups in total. The van der Waals surface area contributed by atoms with Crippen LogP contribution in [0.5, 0.6) is 0 Å². The van der Waals surface area contributed by atoms with Gasteiger partial charge >= 0.3 is 0 Å². The van der Waals surface area contributed by atoms with Gasteiger partial charge in [0, 0.05) is 18.1 Å². The van der Waals surface area contributed by atoms with E-state index >= 15 is 0 Å². The van der Waals surface area contributed by atoms with E-state index in [0.29, 0.717) is 17.1 Å². The van der Waals surface area contributed by atoms with E-state index in [1.807, 2.05) is 6.92 Å². The highest BCUT2D eigenvalue weighted by atomic mass is 35.5. The first kappa shape index (κ1) is 29.8. The molecule has 0 spiro atoms. The van der Waals surface area contributed by atoms with Crippen molar-refractivity contribution in [3.8, 4) is 0 Å². The summed E-state index contributed by atoms with van der Waals surface area (Å²) in [5.41, 5.74) is 1.72. The van der Waals surface area contributed by atoms with Gasteiger partial charge < -0.3 is 10.2 Å². The lowest BCUT2D eigenvalue weighted by Crippen LogP contribution is -2.51. The molecule has 0 saturated heterocycles. The quantitative estimate of drug-likeness (QED) is 0.325. The zero-order valence-electron chi connectivity index (χ0n) is 21.1. The van der Waals surface area contributed by atoms with Gasteiger partial charge in [0.2, 0.25) is 11.8 Å². The number of sulfonamides is 1. The van der Waals surface area contributed by atoms with Gasteiger partial charge in [-0.05, 0) is 68.8 Å². The van der Waals surface area contributed by atoms with Crippen molar-refractivity contribution in [2.24, 2.45) is 0 Å². The molecule has 0 fully saturated rings. The van der Waals surface area contributed by atoms with E-state index in [1.165, 1.54) is 35.2 Å². The minimum atomic E-state index is -4.20. The Hall–Kier alpha value is -2.78. The molecule has 2 amide bonds.